The molecule has 1 aromatic heterocycles. The van der Waals surface area contributed by atoms with Crippen molar-refractivity contribution in [3.8, 4) is 6.07 Å². The van der Waals surface area contributed by atoms with Gasteiger partial charge in [0.05, 0.1) is 22.2 Å². The highest BCUT2D eigenvalue weighted by atomic mass is 127. The first kappa shape index (κ1) is 10.2. The highest BCUT2D eigenvalue weighted by molar-refractivity contribution is 14.1. The number of hydrogen-bond acceptors (Lipinski definition) is 2. The second-order valence-electron chi connectivity index (χ2n) is 2.82. The van der Waals surface area contributed by atoms with Gasteiger partial charge in [0.25, 0.3) is 0 Å². The number of benzene rings is 1. The van der Waals surface area contributed by atoms with E-state index in [-0.39, 0.29) is 0 Å². The highest BCUT2D eigenvalue weighted by Gasteiger charge is 2.10. The molecule has 2 rings (SSSR count). The summed E-state index contributed by atoms with van der Waals surface area (Å²) in [5, 5.41) is 12.6. The maximum atomic E-state index is 8.68. The standard InChI is InChI=1S/C10H5ClINS/c11-9-7(1-3-13)8(12)5-6-2-4-14-10(6)9/h2,4-5H,1H2. The zero-order valence-corrected chi connectivity index (χ0v) is 10.8. The van der Waals surface area contributed by atoms with Crippen LogP contribution in [0.2, 0.25) is 5.02 Å². The van der Waals surface area contributed by atoms with Gasteiger partial charge in [-0.2, -0.15) is 5.26 Å². The van der Waals surface area contributed by atoms with Crippen LogP contribution in [0.25, 0.3) is 10.1 Å². The van der Waals surface area contributed by atoms with E-state index in [4.69, 9.17) is 16.9 Å². The molecule has 0 N–H and O–H groups in total. The molecule has 0 spiro atoms. The van der Waals surface area contributed by atoms with Gasteiger partial charge in [-0.1, -0.05) is 11.6 Å². The van der Waals surface area contributed by atoms with Crippen molar-refractivity contribution in [2.45, 2.75) is 6.42 Å². The van der Waals surface area contributed by atoms with Gasteiger partial charge in [-0.25, -0.2) is 0 Å². The van der Waals surface area contributed by atoms with E-state index in [0.29, 0.717) is 6.42 Å². The summed E-state index contributed by atoms with van der Waals surface area (Å²) in [6.07, 6.45) is 0.380. The molecule has 0 aliphatic heterocycles. The van der Waals surface area contributed by atoms with E-state index in [2.05, 4.69) is 34.7 Å². The fourth-order valence-corrected chi connectivity index (χ4v) is 3.52. The van der Waals surface area contributed by atoms with Crippen molar-refractivity contribution in [2.24, 2.45) is 0 Å². The Bertz CT molecular complexity index is 527. The highest BCUT2D eigenvalue weighted by Crippen LogP contribution is 2.34. The van der Waals surface area contributed by atoms with Crippen molar-refractivity contribution in [1.82, 2.24) is 0 Å². The van der Waals surface area contributed by atoms with Crippen molar-refractivity contribution in [3.63, 3.8) is 0 Å². The maximum absolute atomic E-state index is 8.68. The second kappa shape index (κ2) is 4.05. The molecule has 1 nitrogen and oxygen atoms in total. The summed E-state index contributed by atoms with van der Waals surface area (Å²) in [6, 6.07) is 6.26. The lowest BCUT2D eigenvalue weighted by Gasteiger charge is -2.04. The predicted molar refractivity (Wildman–Crippen MR) is 68.9 cm³/mol. The second-order valence-corrected chi connectivity index (χ2v) is 5.28. The van der Waals surface area contributed by atoms with Crippen LogP contribution < -0.4 is 0 Å². The summed E-state index contributed by atoms with van der Waals surface area (Å²) in [4.78, 5) is 0. The van der Waals surface area contributed by atoms with Crippen LogP contribution in [0.4, 0.5) is 0 Å². The third kappa shape index (κ3) is 1.62. The number of hydrogen-bond donors (Lipinski definition) is 0. The Hall–Kier alpha value is -0.310. The minimum absolute atomic E-state index is 0.380. The van der Waals surface area contributed by atoms with Gasteiger partial charge >= 0.3 is 0 Å². The van der Waals surface area contributed by atoms with Crippen molar-refractivity contribution in [3.05, 3.63) is 31.7 Å². The van der Waals surface area contributed by atoms with Crippen molar-refractivity contribution in [1.29, 1.82) is 5.26 Å². The van der Waals surface area contributed by atoms with E-state index in [0.717, 1.165) is 24.2 Å². The average Bonchev–Trinajstić information content (AvgIpc) is 2.60. The van der Waals surface area contributed by atoms with Crippen LogP contribution in [-0.2, 0) is 6.42 Å². The fourth-order valence-electron chi connectivity index (χ4n) is 1.32. The van der Waals surface area contributed by atoms with Gasteiger partial charge in [-0.05, 0) is 51.1 Å². The number of halogens is 2. The van der Waals surface area contributed by atoms with Crippen molar-refractivity contribution >= 4 is 55.6 Å². The van der Waals surface area contributed by atoms with E-state index in [1.54, 1.807) is 11.3 Å². The lowest BCUT2D eigenvalue weighted by Crippen LogP contribution is -1.88. The molecular weight excluding hydrogens is 329 g/mol. The molecule has 1 aromatic carbocycles. The maximum Gasteiger partial charge on any atom is 0.0670 e. The Morgan fingerprint density at radius 2 is 2.36 bits per heavy atom. The summed E-state index contributed by atoms with van der Waals surface area (Å²) in [5.74, 6) is 0. The van der Waals surface area contributed by atoms with Gasteiger partial charge in [0.15, 0.2) is 0 Å². The van der Waals surface area contributed by atoms with Crippen molar-refractivity contribution < 1.29 is 0 Å². The molecule has 0 saturated heterocycles. The topological polar surface area (TPSA) is 23.8 Å². The normalized spacial score (nSPS) is 10.4. The zero-order valence-electron chi connectivity index (χ0n) is 7.05. The van der Waals surface area contributed by atoms with Crippen LogP contribution in [0.5, 0.6) is 0 Å². The minimum atomic E-state index is 0.380. The first-order valence-corrected chi connectivity index (χ1v) is 6.28. The molecule has 1 heterocycles. The number of nitriles is 1. The van der Waals surface area contributed by atoms with Crippen LogP contribution in [0.1, 0.15) is 5.56 Å². The van der Waals surface area contributed by atoms with E-state index in [9.17, 15) is 0 Å². The van der Waals surface area contributed by atoms with Crippen LogP contribution in [-0.4, -0.2) is 0 Å². The summed E-state index contributed by atoms with van der Waals surface area (Å²) >= 11 is 10.1. The average molecular weight is 334 g/mol. The smallest absolute Gasteiger partial charge is 0.0670 e. The van der Waals surface area contributed by atoms with E-state index in [1.165, 1.54) is 0 Å². The number of rotatable bonds is 1. The van der Waals surface area contributed by atoms with Gasteiger partial charge in [-0.15, -0.1) is 11.3 Å². The first-order valence-electron chi connectivity index (χ1n) is 3.95. The Labute approximate surface area is 104 Å². The molecule has 0 aliphatic rings. The Morgan fingerprint density at radius 1 is 1.57 bits per heavy atom. The molecule has 0 radical (unpaired) electrons. The SMILES string of the molecule is N#CCc1c(I)cc2ccsc2c1Cl. The molecule has 0 aliphatic carbocycles. The zero-order chi connectivity index (χ0) is 10.1. The van der Waals surface area contributed by atoms with Gasteiger partial charge in [0.2, 0.25) is 0 Å². The van der Waals surface area contributed by atoms with Gasteiger partial charge in [0.1, 0.15) is 0 Å². The number of fused-ring (bicyclic) bond motifs is 1. The molecule has 0 unspecified atom stereocenters. The van der Waals surface area contributed by atoms with E-state index in [1.807, 2.05) is 11.4 Å². The monoisotopic (exact) mass is 333 g/mol. The molecule has 70 valence electrons. The summed E-state index contributed by atoms with van der Waals surface area (Å²) in [5.41, 5.74) is 0.949. The molecule has 0 amide bonds. The van der Waals surface area contributed by atoms with Crippen LogP contribution in [0.15, 0.2) is 17.5 Å². The largest absolute Gasteiger partial charge is 0.198 e. The lowest BCUT2D eigenvalue weighted by atomic mass is 10.1. The van der Waals surface area contributed by atoms with E-state index >= 15 is 0 Å². The lowest BCUT2D eigenvalue weighted by molar-refractivity contribution is 1.26. The van der Waals surface area contributed by atoms with Crippen molar-refractivity contribution in [2.75, 3.05) is 0 Å². The first-order chi connectivity index (χ1) is 6.74. The molecule has 14 heavy (non-hydrogen) atoms. The third-order valence-corrected chi connectivity index (χ3v) is 4.43. The van der Waals surface area contributed by atoms with E-state index < -0.39 is 0 Å². The Morgan fingerprint density at radius 3 is 3.07 bits per heavy atom. The Balaban J connectivity index is 2.77. The molecular formula is C10H5ClINS. The predicted octanol–water partition coefficient (Wildman–Crippen LogP) is 4.23. The molecule has 0 fully saturated rings. The number of nitrogens with zero attached hydrogens (tertiary/aromatic N) is 1. The van der Waals surface area contributed by atoms with Gasteiger partial charge in [0, 0.05) is 3.57 Å². The van der Waals surface area contributed by atoms with Crippen LogP contribution >= 0.6 is 45.5 Å². The van der Waals surface area contributed by atoms with Gasteiger partial charge in [-0.3, -0.25) is 0 Å². The third-order valence-electron chi connectivity index (χ3n) is 1.99. The Kier molecular flexibility index (Phi) is 2.96. The molecule has 4 heteroatoms. The molecule has 0 bridgehead atoms. The van der Waals surface area contributed by atoms with Crippen LogP contribution in [0.3, 0.4) is 0 Å². The number of thiophene rings is 1. The minimum Gasteiger partial charge on any atom is -0.198 e. The molecule has 0 saturated carbocycles. The molecule has 2 aromatic rings. The quantitative estimate of drug-likeness (QED) is 0.717. The van der Waals surface area contributed by atoms with Gasteiger partial charge < -0.3 is 0 Å². The molecule has 0 atom stereocenters. The summed E-state index contributed by atoms with van der Waals surface area (Å²) < 4.78 is 2.15. The summed E-state index contributed by atoms with van der Waals surface area (Å²) in [7, 11) is 0. The fraction of sp³-hybridized carbons (Fsp3) is 0.100. The van der Waals surface area contributed by atoms with Crippen LogP contribution in [0, 0.1) is 14.9 Å². The summed E-state index contributed by atoms with van der Waals surface area (Å²) in [6.45, 7) is 0.